The second kappa shape index (κ2) is 9.21. The fraction of sp³-hybridized carbons (Fsp3) is 0.115. The summed E-state index contributed by atoms with van der Waals surface area (Å²) in [7, 11) is 3.69. The number of H-pyrrole nitrogens is 2. The standard InChI is InChI=1S/C26H22N10O/c1-36(2)14-21(37)31-18-9-16(11-28-13-18)17-10-20-23(34-35-24(20)30-12-17)26-32-22-19(5-8-29-25(22)33-26)15-3-6-27-7-4-15/h3-13H,14H2,1-2H3,(H,31,37)(H,29,32,33)(H,30,34,35). The Hall–Kier alpha value is -5.03. The van der Waals surface area contributed by atoms with Crippen LogP contribution in [0.25, 0.3) is 56.0 Å². The van der Waals surface area contributed by atoms with Crippen LogP contribution in [0.4, 0.5) is 5.69 Å². The number of fused-ring (bicyclic) bond motifs is 2. The molecule has 0 aliphatic carbocycles. The number of likely N-dealkylation sites (N-methyl/N-ethyl adjacent to an activating group) is 1. The lowest BCUT2D eigenvalue weighted by Gasteiger charge is -2.10. The number of anilines is 1. The Morgan fingerprint density at radius 2 is 1.76 bits per heavy atom. The maximum absolute atomic E-state index is 12.2. The summed E-state index contributed by atoms with van der Waals surface area (Å²) in [6, 6.07) is 9.69. The van der Waals surface area contributed by atoms with Gasteiger partial charge in [0.2, 0.25) is 5.91 Å². The van der Waals surface area contributed by atoms with E-state index in [1.807, 2.05) is 44.4 Å². The average Bonchev–Trinajstić information content (AvgIpc) is 3.52. The summed E-state index contributed by atoms with van der Waals surface area (Å²) in [5.41, 5.74) is 6.94. The molecule has 0 aromatic carbocycles. The third-order valence-electron chi connectivity index (χ3n) is 5.84. The Kier molecular flexibility index (Phi) is 5.58. The van der Waals surface area contributed by atoms with Gasteiger partial charge < -0.3 is 15.2 Å². The Morgan fingerprint density at radius 3 is 2.59 bits per heavy atom. The highest BCUT2D eigenvalue weighted by molar-refractivity contribution is 5.96. The molecule has 0 saturated carbocycles. The number of imidazole rings is 1. The maximum atomic E-state index is 12.2. The minimum absolute atomic E-state index is 0.112. The van der Waals surface area contributed by atoms with Gasteiger partial charge in [-0.05, 0) is 50.0 Å². The molecule has 37 heavy (non-hydrogen) atoms. The number of aromatic nitrogens is 8. The quantitative estimate of drug-likeness (QED) is 0.322. The topological polar surface area (TPSA) is 141 Å². The van der Waals surface area contributed by atoms with Crippen molar-refractivity contribution in [2.45, 2.75) is 0 Å². The summed E-state index contributed by atoms with van der Waals surface area (Å²) in [6.45, 7) is 0.283. The zero-order valence-electron chi connectivity index (χ0n) is 20.1. The molecule has 3 N–H and O–H groups in total. The van der Waals surface area contributed by atoms with Crippen molar-refractivity contribution < 1.29 is 4.79 Å². The van der Waals surface area contributed by atoms with E-state index >= 15 is 0 Å². The predicted octanol–water partition coefficient (Wildman–Crippen LogP) is 3.52. The lowest BCUT2D eigenvalue weighted by molar-refractivity contribution is -0.116. The van der Waals surface area contributed by atoms with Gasteiger partial charge in [0.05, 0.1) is 29.3 Å². The Morgan fingerprint density at radius 1 is 0.919 bits per heavy atom. The van der Waals surface area contributed by atoms with E-state index in [0.29, 0.717) is 28.5 Å². The molecule has 0 bridgehead atoms. The van der Waals surface area contributed by atoms with Crippen LogP contribution >= 0.6 is 0 Å². The molecule has 0 unspecified atom stereocenters. The molecular formula is C26H22N10O. The van der Waals surface area contributed by atoms with Crippen LogP contribution in [0.5, 0.6) is 0 Å². The van der Waals surface area contributed by atoms with Crippen molar-refractivity contribution in [3.63, 3.8) is 0 Å². The fourth-order valence-corrected chi connectivity index (χ4v) is 4.19. The first-order valence-corrected chi connectivity index (χ1v) is 11.5. The van der Waals surface area contributed by atoms with Gasteiger partial charge >= 0.3 is 0 Å². The molecule has 6 aromatic heterocycles. The van der Waals surface area contributed by atoms with Crippen LogP contribution in [-0.2, 0) is 4.79 Å². The number of nitrogens with one attached hydrogen (secondary N) is 3. The van der Waals surface area contributed by atoms with Crippen LogP contribution < -0.4 is 5.32 Å². The van der Waals surface area contributed by atoms with Crippen LogP contribution in [0.15, 0.2) is 67.5 Å². The van der Waals surface area contributed by atoms with Crippen molar-refractivity contribution in [3.8, 4) is 33.8 Å². The Balaban J connectivity index is 1.38. The second-order valence-corrected chi connectivity index (χ2v) is 8.82. The highest BCUT2D eigenvalue weighted by atomic mass is 16.2. The minimum atomic E-state index is -0.112. The highest BCUT2D eigenvalue weighted by Crippen LogP contribution is 2.32. The number of aromatic amines is 2. The lowest BCUT2D eigenvalue weighted by Crippen LogP contribution is -2.27. The summed E-state index contributed by atoms with van der Waals surface area (Å²) in [4.78, 5) is 39.5. The van der Waals surface area contributed by atoms with E-state index < -0.39 is 0 Å². The van der Waals surface area contributed by atoms with Gasteiger partial charge in [-0.1, -0.05) is 0 Å². The van der Waals surface area contributed by atoms with E-state index in [1.54, 1.807) is 42.1 Å². The lowest BCUT2D eigenvalue weighted by atomic mass is 10.1. The van der Waals surface area contributed by atoms with Crippen molar-refractivity contribution in [2.75, 3.05) is 26.0 Å². The molecule has 1 amide bonds. The van der Waals surface area contributed by atoms with Crippen LogP contribution in [0, 0.1) is 0 Å². The first kappa shape index (κ1) is 22.4. The fourth-order valence-electron chi connectivity index (χ4n) is 4.19. The maximum Gasteiger partial charge on any atom is 0.238 e. The molecule has 0 saturated heterocycles. The number of rotatable bonds is 6. The smallest absolute Gasteiger partial charge is 0.238 e. The summed E-state index contributed by atoms with van der Waals surface area (Å²) in [5.74, 6) is 0.493. The number of hydrogen-bond donors (Lipinski definition) is 3. The molecule has 6 rings (SSSR count). The van der Waals surface area contributed by atoms with Gasteiger partial charge in [0.25, 0.3) is 0 Å². The first-order valence-electron chi connectivity index (χ1n) is 11.5. The van der Waals surface area contributed by atoms with Gasteiger partial charge in [0, 0.05) is 47.7 Å². The van der Waals surface area contributed by atoms with Gasteiger partial charge in [-0.2, -0.15) is 5.10 Å². The monoisotopic (exact) mass is 490 g/mol. The van der Waals surface area contributed by atoms with Crippen molar-refractivity contribution in [2.24, 2.45) is 0 Å². The van der Waals surface area contributed by atoms with E-state index in [9.17, 15) is 4.79 Å². The van der Waals surface area contributed by atoms with E-state index in [2.05, 4.69) is 40.4 Å². The number of carbonyl (C=O) groups is 1. The summed E-state index contributed by atoms with van der Waals surface area (Å²) in [6.07, 6.45) is 10.3. The van der Waals surface area contributed by atoms with Crippen LogP contribution in [0.1, 0.15) is 0 Å². The van der Waals surface area contributed by atoms with Crippen molar-refractivity contribution in [1.29, 1.82) is 0 Å². The summed E-state index contributed by atoms with van der Waals surface area (Å²) < 4.78 is 0. The molecule has 0 aliphatic rings. The minimum Gasteiger partial charge on any atom is -0.335 e. The molecule has 0 aliphatic heterocycles. The zero-order chi connectivity index (χ0) is 25.4. The van der Waals surface area contributed by atoms with E-state index in [-0.39, 0.29) is 12.5 Å². The number of carbonyl (C=O) groups excluding carboxylic acids is 1. The third-order valence-corrected chi connectivity index (χ3v) is 5.84. The number of pyridine rings is 4. The van der Waals surface area contributed by atoms with E-state index in [4.69, 9.17) is 4.98 Å². The highest BCUT2D eigenvalue weighted by Gasteiger charge is 2.17. The average molecular weight is 491 g/mol. The molecule has 0 atom stereocenters. The van der Waals surface area contributed by atoms with E-state index in [1.165, 1.54) is 0 Å². The van der Waals surface area contributed by atoms with Gasteiger partial charge in [-0.15, -0.1) is 0 Å². The molecule has 0 radical (unpaired) electrons. The Labute approximate surface area is 211 Å². The number of hydrogen-bond acceptors (Lipinski definition) is 8. The van der Waals surface area contributed by atoms with Crippen molar-refractivity contribution in [1.82, 2.24) is 45.0 Å². The van der Waals surface area contributed by atoms with Crippen LogP contribution in [-0.4, -0.2) is 71.5 Å². The molecule has 0 spiro atoms. The molecule has 11 heteroatoms. The van der Waals surface area contributed by atoms with Gasteiger partial charge in [0.15, 0.2) is 17.1 Å². The van der Waals surface area contributed by atoms with Gasteiger partial charge in [-0.3, -0.25) is 19.9 Å². The first-order chi connectivity index (χ1) is 18.0. The number of amides is 1. The molecule has 0 fully saturated rings. The molecule has 6 aromatic rings. The van der Waals surface area contributed by atoms with Crippen molar-refractivity contribution >= 4 is 33.8 Å². The largest absolute Gasteiger partial charge is 0.335 e. The number of nitrogens with zero attached hydrogens (tertiary/aromatic N) is 7. The van der Waals surface area contributed by atoms with Crippen LogP contribution in [0.3, 0.4) is 0 Å². The normalized spacial score (nSPS) is 11.4. The third kappa shape index (κ3) is 4.39. The SMILES string of the molecule is CN(C)CC(=O)Nc1cncc(-c2cnc3n[nH]c(-c4nc5nccc(-c6ccncc6)c5[nH]4)c3c2)c1. The van der Waals surface area contributed by atoms with Crippen molar-refractivity contribution in [3.05, 3.63) is 67.5 Å². The van der Waals surface area contributed by atoms with E-state index in [0.717, 1.165) is 33.2 Å². The molecule has 11 nitrogen and oxygen atoms in total. The molecule has 6 heterocycles. The second-order valence-electron chi connectivity index (χ2n) is 8.82. The zero-order valence-corrected chi connectivity index (χ0v) is 20.1. The summed E-state index contributed by atoms with van der Waals surface area (Å²) in [5, 5.41) is 11.1. The van der Waals surface area contributed by atoms with Gasteiger partial charge in [-0.25, -0.2) is 15.0 Å². The predicted molar refractivity (Wildman–Crippen MR) is 140 cm³/mol. The van der Waals surface area contributed by atoms with Gasteiger partial charge in [0.1, 0.15) is 5.69 Å². The summed E-state index contributed by atoms with van der Waals surface area (Å²) >= 11 is 0. The molecular weight excluding hydrogens is 468 g/mol. The van der Waals surface area contributed by atoms with Crippen LogP contribution in [0.2, 0.25) is 0 Å². The molecule has 182 valence electrons. The Bertz CT molecular complexity index is 1740.